The maximum atomic E-state index is 5.45. The van der Waals surface area contributed by atoms with Crippen LogP contribution in [-0.4, -0.2) is 43.1 Å². The molecule has 0 saturated carbocycles. The molecule has 0 amide bonds. The molecule has 1 spiro atoms. The first-order valence-corrected chi connectivity index (χ1v) is 10.5. The molecular weight excluding hydrogens is 330 g/mol. The molecular formula is C13H16OSe2. The molecule has 1 fully saturated rings. The van der Waals surface area contributed by atoms with Crippen molar-refractivity contribution in [3.8, 4) is 0 Å². The molecule has 16 heavy (non-hydrogen) atoms. The molecule has 1 aromatic carbocycles. The number of benzene rings is 1. The van der Waals surface area contributed by atoms with E-state index in [4.69, 9.17) is 4.74 Å². The average Bonchev–Trinajstić information content (AvgIpc) is 2.35. The Bertz CT molecular complexity index is 343. The summed E-state index contributed by atoms with van der Waals surface area (Å²) in [7, 11) is 0. The zero-order chi connectivity index (χ0) is 10.8. The van der Waals surface area contributed by atoms with Crippen molar-refractivity contribution in [3.63, 3.8) is 0 Å². The van der Waals surface area contributed by atoms with Crippen LogP contribution in [0.5, 0.6) is 0 Å². The van der Waals surface area contributed by atoms with Gasteiger partial charge in [0.2, 0.25) is 0 Å². The quantitative estimate of drug-likeness (QED) is 0.653. The van der Waals surface area contributed by atoms with Crippen LogP contribution in [0.1, 0.15) is 11.1 Å². The molecule has 1 nitrogen and oxygen atoms in total. The second-order valence-corrected chi connectivity index (χ2v) is 8.88. The number of hydrogen-bond donors (Lipinski definition) is 0. The van der Waals surface area contributed by atoms with Crippen LogP contribution in [0.15, 0.2) is 24.3 Å². The topological polar surface area (TPSA) is 9.23 Å². The van der Waals surface area contributed by atoms with E-state index in [9.17, 15) is 0 Å². The predicted molar refractivity (Wildman–Crippen MR) is 68.2 cm³/mol. The van der Waals surface area contributed by atoms with Crippen LogP contribution in [0.3, 0.4) is 0 Å². The molecule has 86 valence electrons. The molecule has 0 bridgehead atoms. The minimum absolute atomic E-state index is 0.613. The molecule has 2 heterocycles. The molecule has 0 radical (unpaired) electrons. The van der Waals surface area contributed by atoms with E-state index in [2.05, 4.69) is 24.3 Å². The number of ether oxygens (including phenoxy) is 1. The average molecular weight is 346 g/mol. The third-order valence-corrected chi connectivity index (χ3v) is 8.85. The van der Waals surface area contributed by atoms with Crippen molar-refractivity contribution in [1.29, 1.82) is 0 Å². The zero-order valence-corrected chi connectivity index (χ0v) is 12.7. The Kier molecular flexibility index (Phi) is 3.42. The molecule has 2 aliphatic rings. The van der Waals surface area contributed by atoms with Crippen LogP contribution in [0.25, 0.3) is 0 Å². The van der Waals surface area contributed by atoms with Gasteiger partial charge in [-0.25, -0.2) is 0 Å². The number of rotatable bonds is 0. The first kappa shape index (κ1) is 11.3. The van der Waals surface area contributed by atoms with E-state index in [0.717, 1.165) is 43.1 Å². The molecule has 0 aromatic heterocycles. The van der Waals surface area contributed by atoms with E-state index in [1.54, 1.807) is 11.1 Å². The van der Waals surface area contributed by atoms with Crippen LogP contribution in [-0.2, 0) is 15.4 Å². The SMILES string of the molecule is c1ccc2c(c1)C[Se]CC1(COC1)C[Se]C2. The third-order valence-electron chi connectivity index (χ3n) is 3.27. The van der Waals surface area contributed by atoms with Crippen LogP contribution >= 0.6 is 0 Å². The van der Waals surface area contributed by atoms with Crippen LogP contribution in [0, 0.1) is 5.41 Å². The fraction of sp³-hybridized carbons (Fsp3) is 0.538. The van der Waals surface area contributed by atoms with Gasteiger partial charge in [-0.1, -0.05) is 0 Å². The Hall–Kier alpha value is 0.219. The number of hydrogen-bond acceptors (Lipinski definition) is 1. The molecule has 2 aliphatic heterocycles. The fourth-order valence-electron chi connectivity index (χ4n) is 2.19. The van der Waals surface area contributed by atoms with Gasteiger partial charge in [-0.15, -0.1) is 0 Å². The monoisotopic (exact) mass is 348 g/mol. The van der Waals surface area contributed by atoms with Gasteiger partial charge in [0.25, 0.3) is 0 Å². The van der Waals surface area contributed by atoms with Gasteiger partial charge in [0, 0.05) is 0 Å². The summed E-state index contributed by atoms with van der Waals surface area (Å²) < 4.78 is 5.45. The minimum atomic E-state index is 0.613. The summed E-state index contributed by atoms with van der Waals surface area (Å²) in [5.41, 5.74) is 3.87. The number of fused-ring (bicyclic) bond motifs is 1. The molecule has 0 N–H and O–H groups in total. The van der Waals surface area contributed by atoms with Crippen molar-refractivity contribution in [2.45, 2.75) is 21.3 Å². The Labute approximate surface area is 110 Å². The first-order chi connectivity index (χ1) is 7.88. The van der Waals surface area contributed by atoms with Gasteiger partial charge in [0.15, 0.2) is 0 Å². The van der Waals surface area contributed by atoms with E-state index in [1.165, 1.54) is 21.3 Å². The van der Waals surface area contributed by atoms with E-state index in [1.807, 2.05) is 0 Å². The van der Waals surface area contributed by atoms with Crippen molar-refractivity contribution in [1.82, 2.24) is 0 Å². The summed E-state index contributed by atoms with van der Waals surface area (Å²) in [6, 6.07) is 9.06. The molecule has 3 rings (SSSR count). The summed E-state index contributed by atoms with van der Waals surface area (Å²) in [5.74, 6) is 0. The maximum absolute atomic E-state index is 5.45. The van der Waals surface area contributed by atoms with Crippen LogP contribution in [0.4, 0.5) is 0 Å². The predicted octanol–water partition coefficient (Wildman–Crippen LogP) is 1.96. The standard InChI is InChI=1S/C13H16OSe2/c1-2-4-12-6-16-10-13(7-14-8-13)9-15-5-11(12)3-1/h1-4H,5-10H2. The van der Waals surface area contributed by atoms with Crippen molar-refractivity contribution in [3.05, 3.63) is 35.4 Å². The summed E-state index contributed by atoms with van der Waals surface area (Å²) in [6.45, 7) is 2.10. The van der Waals surface area contributed by atoms with Gasteiger partial charge >= 0.3 is 110 Å². The van der Waals surface area contributed by atoms with E-state index < -0.39 is 0 Å². The summed E-state index contributed by atoms with van der Waals surface area (Å²) in [6.07, 6.45) is 0. The first-order valence-electron chi connectivity index (χ1n) is 5.68. The van der Waals surface area contributed by atoms with Gasteiger partial charge in [0.05, 0.1) is 0 Å². The van der Waals surface area contributed by atoms with Gasteiger partial charge < -0.3 is 0 Å². The Balaban J connectivity index is 1.76. The molecule has 0 unspecified atom stereocenters. The van der Waals surface area contributed by atoms with Gasteiger partial charge in [-0.3, -0.25) is 0 Å². The summed E-state index contributed by atoms with van der Waals surface area (Å²) >= 11 is 1.56. The molecule has 3 heteroatoms. The van der Waals surface area contributed by atoms with Gasteiger partial charge in [-0.05, 0) is 0 Å². The molecule has 1 aromatic rings. The Morgan fingerprint density at radius 1 is 0.938 bits per heavy atom. The van der Waals surface area contributed by atoms with Crippen molar-refractivity contribution < 1.29 is 4.74 Å². The summed E-state index contributed by atoms with van der Waals surface area (Å²) in [5, 5.41) is 5.55. The Morgan fingerprint density at radius 3 is 1.94 bits per heavy atom. The van der Waals surface area contributed by atoms with E-state index >= 15 is 0 Å². The second kappa shape index (κ2) is 4.84. The third kappa shape index (κ3) is 2.25. The molecule has 0 atom stereocenters. The van der Waals surface area contributed by atoms with Crippen molar-refractivity contribution in [2.75, 3.05) is 13.2 Å². The van der Waals surface area contributed by atoms with E-state index in [0.29, 0.717) is 5.41 Å². The zero-order valence-electron chi connectivity index (χ0n) is 9.28. The van der Waals surface area contributed by atoms with Gasteiger partial charge in [-0.2, -0.15) is 0 Å². The van der Waals surface area contributed by atoms with Crippen molar-refractivity contribution >= 4 is 29.9 Å². The summed E-state index contributed by atoms with van der Waals surface area (Å²) in [4.78, 5) is 0. The normalized spacial score (nSPS) is 23.8. The van der Waals surface area contributed by atoms with Crippen LogP contribution < -0.4 is 0 Å². The van der Waals surface area contributed by atoms with Gasteiger partial charge in [0.1, 0.15) is 0 Å². The van der Waals surface area contributed by atoms with Crippen molar-refractivity contribution in [2.24, 2.45) is 5.41 Å². The molecule has 1 saturated heterocycles. The fourth-order valence-corrected chi connectivity index (χ4v) is 8.33. The second-order valence-electron chi connectivity index (χ2n) is 4.75. The van der Waals surface area contributed by atoms with Crippen LogP contribution in [0.2, 0.25) is 10.6 Å². The Morgan fingerprint density at radius 2 is 1.50 bits per heavy atom. The van der Waals surface area contributed by atoms with E-state index in [-0.39, 0.29) is 0 Å². The molecule has 0 aliphatic carbocycles.